The van der Waals surface area contributed by atoms with Gasteiger partial charge in [-0.3, -0.25) is 4.68 Å². The highest BCUT2D eigenvalue weighted by Gasteiger charge is 2.35. The molecule has 0 spiro atoms. The first-order valence-electron chi connectivity index (χ1n) is 10.9. The predicted octanol–water partition coefficient (Wildman–Crippen LogP) is 4.66. The zero-order chi connectivity index (χ0) is 22.6. The molecule has 1 fully saturated rings. The lowest BCUT2D eigenvalue weighted by Gasteiger charge is -2.28. The van der Waals surface area contributed by atoms with Gasteiger partial charge in [0.25, 0.3) is 0 Å². The largest absolute Gasteiger partial charge is 0.351 e. The molecule has 2 N–H and O–H groups in total. The van der Waals surface area contributed by atoms with Gasteiger partial charge in [0.05, 0.1) is 17.9 Å². The molecule has 6 rings (SSSR count). The number of rotatable bonds is 4. The predicted molar refractivity (Wildman–Crippen MR) is 121 cm³/mol. The van der Waals surface area contributed by atoms with Gasteiger partial charge in [-0.1, -0.05) is 0 Å². The Labute approximate surface area is 187 Å². The van der Waals surface area contributed by atoms with E-state index in [4.69, 9.17) is 0 Å². The molecule has 1 aliphatic carbocycles. The van der Waals surface area contributed by atoms with Crippen molar-refractivity contribution >= 4 is 22.5 Å². The Morgan fingerprint density at radius 1 is 1.09 bits per heavy atom. The number of hydrogen-bond acceptors (Lipinski definition) is 5. The topological polar surface area (TPSA) is 88.7 Å². The first-order valence-corrected chi connectivity index (χ1v) is 10.9. The Morgan fingerprint density at radius 3 is 2.73 bits per heavy atom. The number of halogens is 2. The SMILES string of the molecule is Cn1cc(-c2cnn3ccc(-c4c[nH]c5nc(NC6CCC(F)(F)CC6)ncc45)cc23)cn1. The number of H-pyrrole nitrogens is 1. The minimum Gasteiger partial charge on any atom is -0.351 e. The molecule has 10 heteroatoms. The van der Waals surface area contributed by atoms with Crippen molar-refractivity contribution in [3.05, 3.63) is 49.3 Å². The molecule has 1 aliphatic rings. The van der Waals surface area contributed by atoms with Gasteiger partial charge in [0.15, 0.2) is 0 Å². The van der Waals surface area contributed by atoms with Gasteiger partial charge in [0.2, 0.25) is 11.9 Å². The standard InChI is InChI=1S/C23H22F2N8/c1-32-13-15(9-28-32)18-12-29-33-7-4-14(8-20(18)33)17-10-26-21-19(17)11-27-22(31-21)30-16-2-5-23(24,25)6-3-16/h4,7-13,16H,2-3,5-6H2,1H3,(H2,26,27,30,31). The number of alkyl halides is 2. The van der Waals surface area contributed by atoms with Crippen LogP contribution in [0.4, 0.5) is 14.7 Å². The highest BCUT2D eigenvalue weighted by atomic mass is 19.3. The van der Waals surface area contributed by atoms with E-state index in [1.54, 1.807) is 10.9 Å². The summed E-state index contributed by atoms with van der Waals surface area (Å²) in [5.41, 5.74) is 5.68. The molecule has 0 bridgehead atoms. The zero-order valence-electron chi connectivity index (χ0n) is 18.0. The summed E-state index contributed by atoms with van der Waals surface area (Å²) in [7, 11) is 1.89. The molecule has 0 saturated heterocycles. The average Bonchev–Trinajstić information content (AvgIpc) is 3.52. The van der Waals surface area contributed by atoms with Crippen molar-refractivity contribution in [1.82, 2.24) is 34.3 Å². The van der Waals surface area contributed by atoms with E-state index in [2.05, 4.69) is 36.5 Å². The summed E-state index contributed by atoms with van der Waals surface area (Å²) in [6.07, 6.45) is 11.9. The van der Waals surface area contributed by atoms with E-state index in [9.17, 15) is 8.78 Å². The number of aromatic nitrogens is 7. The minimum atomic E-state index is -2.55. The quantitative estimate of drug-likeness (QED) is 0.417. The summed E-state index contributed by atoms with van der Waals surface area (Å²) in [6, 6.07) is 4.06. The Balaban J connectivity index is 1.31. The molecule has 33 heavy (non-hydrogen) atoms. The monoisotopic (exact) mass is 448 g/mol. The summed E-state index contributed by atoms with van der Waals surface area (Å²) in [5.74, 6) is -2.10. The molecule has 1 saturated carbocycles. The summed E-state index contributed by atoms with van der Waals surface area (Å²) >= 11 is 0. The van der Waals surface area contributed by atoms with Crippen LogP contribution in [0.1, 0.15) is 25.7 Å². The van der Waals surface area contributed by atoms with Crippen molar-refractivity contribution in [3.8, 4) is 22.3 Å². The maximum absolute atomic E-state index is 13.4. The Bertz CT molecular complexity index is 1450. The van der Waals surface area contributed by atoms with Crippen molar-refractivity contribution in [1.29, 1.82) is 0 Å². The fourth-order valence-electron chi connectivity index (χ4n) is 4.51. The molecule has 0 aromatic carbocycles. The molecule has 0 atom stereocenters. The number of aryl methyl sites for hydroxylation is 1. The van der Waals surface area contributed by atoms with E-state index in [1.807, 2.05) is 48.6 Å². The van der Waals surface area contributed by atoms with Crippen molar-refractivity contribution < 1.29 is 8.78 Å². The van der Waals surface area contributed by atoms with Crippen LogP contribution in [0.3, 0.4) is 0 Å². The molecule has 5 aromatic rings. The fourth-order valence-corrected chi connectivity index (χ4v) is 4.51. The lowest BCUT2D eigenvalue weighted by atomic mass is 9.92. The van der Waals surface area contributed by atoms with Gasteiger partial charge in [-0.25, -0.2) is 18.3 Å². The van der Waals surface area contributed by atoms with Crippen LogP contribution in [-0.4, -0.2) is 46.3 Å². The fraction of sp³-hybridized carbons (Fsp3) is 0.304. The van der Waals surface area contributed by atoms with Crippen molar-refractivity contribution in [2.45, 2.75) is 37.6 Å². The van der Waals surface area contributed by atoms with Crippen LogP contribution in [-0.2, 0) is 7.05 Å². The van der Waals surface area contributed by atoms with Crippen LogP contribution in [0.5, 0.6) is 0 Å². The third kappa shape index (κ3) is 3.61. The molecular weight excluding hydrogens is 426 g/mol. The van der Waals surface area contributed by atoms with Crippen LogP contribution in [0.2, 0.25) is 0 Å². The average molecular weight is 448 g/mol. The molecule has 0 amide bonds. The van der Waals surface area contributed by atoms with Gasteiger partial charge in [-0.2, -0.15) is 15.2 Å². The summed E-state index contributed by atoms with van der Waals surface area (Å²) < 4.78 is 30.4. The van der Waals surface area contributed by atoms with Gasteiger partial charge in [-0.05, 0) is 30.5 Å². The second-order valence-electron chi connectivity index (χ2n) is 8.64. The molecule has 5 aromatic heterocycles. The van der Waals surface area contributed by atoms with Crippen LogP contribution in [0, 0.1) is 0 Å². The number of nitrogens with one attached hydrogen (secondary N) is 2. The van der Waals surface area contributed by atoms with Crippen molar-refractivity contribution in [2.75, 3.05) is 5.32 Å². The van der Waals surface area contributed by atoms with Crippen LogP contribution in [0.25, 0.3) is 38.8 Å². The van der Waals surface area contributed by atoms with Crippen LogP contribution in [0.15, 0.2) is 49.3 Å². The molecule has 5 heterocycles. The van der Waals surface area contributed by atoms with Crippen LogP contribution < -0.4 is 5.32 Å². The van der Waals surface area contributed by atoms with Gasteiger partial charge in [0, 0.05) is 72.8 Å². The Hall–Kier alpha value is -3.82. The lowest BCUT2D eigenvalue weighted by Crippen LogP contribution is -2.32. The first kappa shape index (κ1) is 19.8. The van der Waals surface area contributed by atoms with E-state index < -0.39 is 5.92 Å². The van der Waals surface area contributed by atoms with E-state index >= 15 is 0 Å². The second-order valence-corrected chi connectivity index (χ2v) is 8.64. The highest BCUT2D eigenvalue weighted by molar-refractivity contribution is 5.95. The number of pyridine rings is 1. The lowest BCUT2D eigenvalue weighted by molar-refractivity contribution is -0.0361. The normalized spacial score (nSPS) is 16.6. The number of nitrogens with zero attached hydrogens (tertiary/aromatic N) is 6. The van der Waals surface area contributed by atoms with E-state index in [-0.39, 0.29) is 18.9 Å². The maximum atomic E-state index is 13.4. The molecule has 0 radical (unpaired) electrons. The molecule has 168 valence electrons. The smallest absolute Gasteiger partial charge is 0.248 e. The molecule has 0 aliphatic heterocycles. The van der Waals surface area contributed by atoms with Crippen molar-refractivity contribution in [2.24, 2.45) is 7.05 Å². The number of anilines is 1. The summed E-state index contributed by atoms with van der Waals surface area (Å²) in [4.78, 5) is 12.3. The Kier molecular flexibility index (Phi) is 4.42. The van der Waals surface area contributed by atoms with Gasteiger partial charge in [-0.15, -0.1) is 0 Å². The molecule has 8 nitrogen and oxygen atoms in total. The van der Waals surface area contributed by atoms with Gasteiger partial charge >= 0.3 is 0 Å². The van der Waals surface area contributed by atoms with Gasteiger partial charge < -0.3 is 10.3 Å². The minimum absolute atomic E-state index is 0.0355. The molecular formula is C23H22F2N8. The first-order chi connectivity index (χ1) is 15.9. The number of fused-ring (bicyclic) bond motifs is 2. The molecule has 0 unspecified atom stereocenters. The van der Waals surface area contributed by atoms with Gasteiger partial charge in [0.1, 0.15) is 5.65 Å². The van der Waals surface area contributed by atoms with Crippen molar-refractivity contribution in [3.63, 3.8) is 0 Å². The number of hydrogen-bond donors (Lipinski definition) is 2. The van der Waals surface area contributed by atoms with E-state index in [0.29, 0.717) is 24.4 Å². The summed E-state index contributed by atoms with van der Waals surface area (Å²) in [5, 5.41) is 12.8. The number of aromatic amines is 1. The maximum Gasteiger partial charge on any atom is 0.248 e. The zero-order valence-corrected chi connectivity index (χ0v) is 18.0. The Morgan fingerprint density at radius 2 is 1.94 bits per heavy atom. The van der Waals surface area contributed by atoms with E-state index in [1.165, 1.54) is 0 Å². The second kappa shape index (κ2) is 7.36. The third-order valence-corrected chi connectivity index (χ3v) is 6.33. The summed E-state index contributed by atoms with van der Waals surface area (Å²) in [6.45, 7) is 0. The van der Waals surface area contributed by atoms with E-state index in [0.717, 1.165) is 33.2 Å². The highest BCUT2D eigenvalue weighted by Crippen LogP contribution is 2.35. The third-order valence-electron chi connectivity index (χ3n) is 6.33. The van der Waals surface area contributed by atoms with Crippen LogP contribution >= 0.6 is 0 Å².